The van der Waals surface area contributed by atoms with Crippen LogP contribution < -0.4 is 4.74 Å². The minimum atomic E-state index is -0.417. The molecule has 0 fully saturated rings. The van der Waals surface area contributed by atoms with Crippen molar-refractivity contribution in [1.29, 1.82) is 0 Å². The average molecular weight is 255 g/mol. The van der Waals surface area contributed by atoms with E-state index in [1.807, 2.05) is 6.07 Å². The second kappa shape index (κ2) is 4.72. The van der Waals surface area contributed by atoms with Gasteiger partial charge < -0.3 is 4.74 Å². The average Bonchev–Trinajstić information content (AvgIpc) is 2.87. The lowest BCUT2D eigenvalue weighted by Crippen LogP contribution is -1.89. The Morgan fingerprint density at radius 3 is 2.37 bits per heavy atom. The van der Waals surface area contributed by atoms with Crippen molar-refractivity contribution in [3.63, 3.8) is 0 Å². The van der Waals surface area contributed by atoms with E-state index in [4.69, 9.17) is 4.74 Å². The quantitative estimate of drug-likeness (QED) is 0.617. The minimum Gasteiger partial charge on any atom is -0.457 e. The number of aryl methyl sites for hydroxylation is 2. The first-order valence-corrected chi connectivity index (χ1v) is 6.26. The number of nitro benzene ring substituents is 1. The van der Waals surface area contributed by atoms with Gasteiger partial charge in [-0.1, -0.05) is 6.07 Å². The fourth-order valence-electron chi connectivity index (χ4n) is 2.38. The third kappa shape index (κ3) is 2.42. The van der Waals surface area contributed by atoms with Gasteiger partial charge in [-0.2, -0.15) is 0 Å². The number of fused-ring (bicyclic) bond motifs is 1. The normalized spacial score (nSPS) is 13.1. The third-order valence-electron chi connectivity index (χ3n) is 3.35. The second-order valence-corrected chi connectivity index (χ2v) is 4.64. The van der Waals surface area contributed by atoms with Gasteiger partial charge in [0, 0.05) is 12.1 Å². The number of hydrogen-bond donors (Lipinski definition) is 0. The number of nitrogens with zero attached hydrogens (tertiary/aromatic N) is 1. The summed E-state index contributed by atoms with van der Waals surface area (Å²) in [6, 6.07) is 12.2. The van der Waals surface area contributed by atoms with Gasteiger partial charge in [-0.25, -0.2) is 0 Å². The van der Waals surface area contributed by atoms with E-state index in [0.29, 0.717) is 5.75 Å². The summed E-state index contributed by atoms with van der Waals surface area (Å²) in [5, 5.41) is 10.6. The van der Waals surface area contributed by atoms with Crippen molar-refractivity contribution < 1.29 is 9.66 Å². The van der Waals surface area contributed by atoms with E-state index in [0.717, 1.165) is 18.6 Å². The summed E-state index contributed by atoms with van der Waals surface area (Å²) >= 11 is 0. The van der Waals surface area contributed by atoms with Crippen molar-refractivity contribution in [2.24, 2.45) is 0 Å². The molecule has 0 atom stereocenters. The van der Waals surface area contributed by atoms with Gasteiger partial charge in [-0.05, 0) is 54.7 Å². The number of ether oxygens (including phenoxy) is 1. The van der Waals surface area contributed by atoms with Crippen LogP contribution in [-0.2, 0) is 12.8 Å². The van der Waals surface area contributed by atoms with Gasteiger partial charge in [0.2, 0.25) is 0 Å². The van der Waals surface area contributed by atoms with Gasteiger partial charge in [0.05, 0.1) is 4.92 Å². The van der Waals surface area contributed by atoms with Crippen molar-refractivity contribution in [3.8, 4) is 11.5 Å². The van der Waals surface area contributed by atoms with E-state index >= 15 is 0 Å². The highest BCUT2D eigenvalue weighted by Crippen LogP contribution is 2.29. The molecule has 0 saturated carbocycles. The zero-order chi connectivity index (χ0) is 13.2. The van der Waals surface area contributed by atoms with Gasteiger partial charge in [0.15, 0.2) is 0 Å². The molecule has 0 aromatic heterocycles. The van der Waals surface area contributed by atoms with Gasteiger partial charge in [-0.15, -0.1) is 0 Å². The molecule has 0 saturated heterocycles. The molecule has 0 unspecified atom stereocenters. The van der Waals surface area contributed by atoms with Crippen LogP contribution in [0, 0.1) is 10.1 Å². The SMILES string of the molecule is O=[N+]([O-])c1ccc(Oc2ccc3c(c2)CCC3)cc1. The monoisotopic (exact) mass is 255 g/mol. The van der Waals surface area contributed by atoms with Gasteiger partial charge in [0.1, 0.15) is 11.5 Å². The molecule has 0 radical (unpaired) electrons. The van der Waals surface area contributed by atoms with Crippen LogP contribution in [0.2, 0.25) is 0 Å². The van der Waals surface area contributed by atoms with Gasteiger partial charge >= 0.3 is 0 Å². The van der Waals surface area contributed by atoms with E-state index in [1.54, 1.807) is 12.1 Å². The topological polar surface area (TPSA) is 52.4 Å². The van der Waals surface area contributed by atoms with Crippen LogP contribution in [0.25, 0.3) is 0 Å². The summed E-state index contributed by atoms with van der Waals surface area (Å²) in [6.45, 7) is 0. The molecule has 2 aromatic rings. The van der Waals surface area contributed by atoms with Crippen LogP contribution in [0.15, 0.2) is 42.5 Å². The van der Waals surface area contributed by atoms with Gasteiger partial charge in [-0.3, -0.25) is 10.1 Å². The first kappa shape index (κ1) is 11.7. The van der Waals surface area contributed by atoms with E-state index in [-0.39, 0.29) is 5.69 Å². The van der Waals surface area contributed by atoms with E-state index in [2.05, 4.69) is 12.1 Å². The predicted molar refractivity (Wildman–Crippen MR) is 71.6 cm³/mol. The summed E-state index contributed by atoms with van der Waals surface area (Å²) in [4.78, 5) is 10.1. The Morgan fingerprint density at radius 2 is 1.63 bits per heavy atom. The van der Waals surface area contributed by atoms with Crippen molar-refractivity contribution in [2.45, 2.75) is 19.3 Å². The first-order valence-electron chi connectivity index (χ1n) is 6.26. The number of benzene rings is 2. The zero-order valence-electron chi connectivity index (χ0n) is 10.3. The van der Waals surface area contributed by atoms with Crippen LogP contribution >= 0.6 is 0 Å². The molecule has 2 aromatic carbocycles. The zero-order valence-corrected chi connectivity index (χ0v) is 10.3. The molecule has 0 aliphatic heterocycles. The van der Waals surface area contributed by atoms with E-state index < -0.39 is 4.92 Å². The van der Waals surface area contributed by atoms with Crippen LogP contribution in [-0.4, -0.2) is 4.92 Å². The Kier molecular flexibility index (Phi) is 2.91. The van der Waals surface area contributed by atoms with E-state index in [1.165, 1.54) is 29.7 Å². The lowest BCUT2D eigenvalue weighted by atomic mass is 10.1. The molecule has 0 amide bonds. The summed E-state index contributed by atoms with van der Waals surface area (Å²) in [7, 11) is 0. The Labute approximate surface area is 110 Å². The highest BCUT2D eigenvalue weighted by atomic mass is 16.6. The number of non-ortho nitro benzene ring substituents is 1. The van der Waals surface area contributed by atoms with Crippen molar-refractivity contribution >= 4 is 5.69 Å². The van der Waals surface area contributed by atoms with E-state index in [9.17, 15) is 10.1 Å². The summed E-state index contributed by atoms with van der Waals surface area (Å²) in [5.74, 6) is 1.40. The lowest BCUT2D eigenvalue weighted by molar-refractivity contribution is -0.384. The Balaban J connectivity index is 1.79. The third-order valence-corrected chi connectivity index (χ3v) is 3.35. The van der Waals surface area contributed by atoms with Crippen LogP contribution in [0.3, 0.4) is 0 Å². The minimum absolute atomic E-state index is 0.0707. The van der Waals surface area contributed by atoms with Crippen molar-refractivity contribution in [1.82, 2.24) is 0 Å². The molecule has 3 rings (SSSR count). The molecular formula is C15H13NO3. The molecule has 0 N–H and O–H groups in total. The maximum Gasteiger partial charge on any atom is 0.269 e. The molecule has 0 heterocycles. The largest absolute Gasteiger partial charge is 0.457 e. The molecule has 19 heavy (non-hydrogen) atoms. The first-order chi connectivity index (χ1) is 9.22. The van der Waals surface area contributed by atoms with Crippen LogP contribution in [0.4, 0.5) is 5.69 Å². The fraction of sp³-hybridized carbons (Fsp3) is 0.200. The Morgan fingerprint density at radius 1 is 0.947 bits per heavy atom. The van der Waals surface area contributed by atoms with Crippen LogP contribution in [0.5, 0.6) is 11.5 Å². The molecule has 96 valence electrons. The molecule has 1 aliphatic rings. The summed E-state index contributed by atoms with van der Waals surface area (Å²) in [5.41, 5.74) is 2.82. The summed E-state index contributed by atoms with van der Waals surface area (Å²) in [6.07, 6.45) is 3.45. The highest BCUT2D eigenvalue weighted by Gasteiger charge is 2.11. The molecule has 4 heteroatoms. The maximum atomic E-state index is 10.6. The predicted octanol–water partition coefficient (Wildman–Crippen LogP) is 3.88. The van der Waals surface area contributed by atoms with Crippen molar-refractivity contribution in [3.05, 3.63) is 63.7 Å². The smallest absolute Gasteiger partial charge is 0.269 e. The molecule has 0 bridgehead atoms. The van der Waals surface area contributed by atoms with Crippen molar-refractivity contribution in [2.75, 3.05) is 0 Å². The molecule has 0 spiro atoms. The number of rotatable bonds is 3. The van der Waals surface area contributed by atoms with Crippen LogP contribution in [0.1, 0.15) is 17.5 Å². The standard InChI is InChI=1S/C15H13NO3/c17-16(18)13-5-8-14(9-6-13)19-15-7-4-11-2-1-3-12(11)10-15/h4-10H,1-3H2. The number of nitro groups is 1. The second-order valence-electron chi connectivity index (χ2n) is 4.64. The number of hydrogen-bond acceptors (Lipinski definition) is 3. The maximum absolute atomic E-state index is 10.6. The Hall–Kier alpha value is -2.36. The Bertz CT molecular complexity index is 620. The molecule has 4 nitrogen and oxygen atoms in total. The molecule has 1 aliphatic carbocycles. The molecular weight excluding hydrogens is 242 g/mol. The summed E-state index contributed by atoms with van der Waals surface area (Å²) < 4.78 is 5.72. The lowest BCUT2D eigenvalue weighted by Gasteiger charge is -2.07. The highest BCUT2D eigenvalue weighted by molar-refractivity contribution is 5.42. The van der Waals surface area contributed by atoms with Gasteiger partial charge in [0.25, 0.3) is 5.69 Å². The fourth-order valence-corrected chi connectivity index (χ4v) is 2.38.